The SMILES string of the molecule is Cc1cn([C@H]2CC(O)[C@@H](COP(=O)(OC3C[C@H](n4cnc5c(=O)[nH]c(N)nc54)O[C@@H]3CO)N(Cc3ccccc3)Cc3ccccc3)O2)c(=O)[nH]c1=O. The highest BCUT2D eigenvalue weighted by Crippen LogP contribution is 2.57. The first kappa shape index (κ1) is 36.6. The molecule has 2 saturated heterocycles. The normalized spacial score (nSPS) is 24.2. The lowest BCUT2D eigenvalue weighted by molar-refractivity contribution is -0.0555. The number of H-pyrrole nitrogens is 2. The molecule has 280 valence electrons. The van der Waals surface area contributed by atoms with E-state index in [4.69, 9.17) is 24.3 Å². The second-order valence-corrected chi connectivity index (χ2v) is 14.9. The number of nitrogens with two attached hydrogens (primary N) is 1. The molecule has 18 nitrogen and oxygen atoms in total. The molecule has 2 aliphatic rings. The molecule has 0 amide bonds. The lowest BCUT2D eigenvalue weighted by atomic mass is 10.2. The summed E-state index contributed by atoms with van der Waals surface area (Å²) in [6.07, 6.45) is -3.20. The molecule has 6 N–H and O–H groups in total. The average molecular weight is 751 g/mol. The van der Waals surface area contributed by atoms with Gasteiger partial charge in [0, 0.05) is 37.7 Å². The zero-order chi connectivity index (χ0) is 37.3. The molecular weight excluding hydrogens is 711 g/mol. The summed E-state index contributed by atoms with van der Waals surface area (Å²) < 4.78 is 44.5. The van der Waals surface area contributed by atoms with E-state index >= 15 is 4.57 Å². The predicted octanol–water partition coefficient (Wildman–Crippen LogP) is 1.70. The number of nitrogen functional groups attached to an aromatic ring is 1. The van der Waals surface area contributed by atoms with Crippen LogP contribution in [0.2, 0.25) is 0 Å². The van der Waals surface area contributed by atoms with Crippen LogP contribution in [0, 0.1) is 6.92 Å². The molecule has 2 aliphatic heterocycles. The van der Waals surface area contributed by atoms with Gasteiger partial charge in [-0.2, -0.15) is 9.65 Å². The van der Waals surface area contributed by atoms with E-state index < -0.39 is 74.6 Å². The Hall–Kier alpha value is -4.78. The van der Waals surface area contributed by atoms with E-state index in [1.807, 2.05) is 60.7 Å². The quantitative estimate of drug-likeness (QED) is 0.108. The van der Waals surface area contributed by atoms with Crippen LogP contribution in [0.15, 0.2) is 87.6 Å². The van der Waals surface area contributed by atoms with Crippen LogP contribution in [-0.2, 0) is 36.2 Å². The molecule has 0 spiro atoms. The van der Waals surface area contributed by atoms with Crippen LogP contribution in [0.1, 0.15) is 42.0 Å². The van der Waals surface area contributed by atoms with Crippen LogP contribution in [0.25, 0.3) is 11.2 Å². The van der Waals surface area contributed by atoms with Crippen LogP contribution in [0.3, 0.4) is 0 Å². The Balaban J connectivity index is 1.20. The number of benzene rings is 2. The van der Waals surface area contributed by atoms with Crippen molar-refractivity contribution in [2.75, 3.05) is 18.9 Å². The van der Waals surface area contributed by atoms with Crippen molar-refractivity contribution >= 4 is 24.9 Å². The predicted molar refractivity (Wildman–Crippen MR) is 189 cm³/mol. The minimum Gasteiger partial charge on any atom is -0.394 e. The van der Waals surface area contributed by atoms with Gasteiger partial charge in [-0.15, -0.1) is 0 Å². The summed E-state index contributed by atoms with van der Waals surface area (Å²) in [7, 11) is -4.40. The Morgan fingerprint density at radius 1 is 0.943 bits per heavy atom. The Labute approximate surface area is 301 Å². The van der Waals surface area contributed by atoms with E-state index in [1.165, 1.54) is 21.7 Å². The first-order valence-electron chi connectivity index (χ1n) is 16.9. The lowest BCUT2D eigenvalue weighted by Crippen LogP contribution is -2.34. The number of nitrogens with one attached hydrogen (secondary N) is 2. The summed E-state index contributed by atoms with van der Waals surface area (Å²) in [5.74, 6) is -0.122. The summed E-state index contributed by atoms with van der Waals surface area (Å²) in [6.45, 7) is 0.857. The Morgan fingerprint density at radius 3 is 2.25 bits per heavy atom. The van der Waals surface area contributed by atoms with E-state index in [1.54, 1.807) is 11.6 Å². The van der Waals surface area contributed by atoms with E-state index in [9.17, 15) is 24.6 Å². The third kappa shape index (κ3) is 7.81. The highest BCUT2D eigenvalue weighted by molar-refractivity contribution is 7.51. The number of aliphatic hydroxyl groups is 2. The van der Waals surface area contributed by atoms with Gasteiger partial charge in [0.05, 0.1) is 25.6 Å². The number of aromatic amines is 2. The van der Waals surface area contributed by atoms with Gasteiger partial charge in [0.2, 0.25) is 5.95 Å². The Kier molecular flexibility index (Phi) is 10.6. The number of nitrogens with zero attached hydrogens (tertiary/aromatic N) is 5. The first-order chi connectivity index (χ1) is 25.5. The zero-order valence-corrected chi connectivity index (χ0v) is 29.5. The van der Waals surface area contributed by atoms with Crippen LogP contribution in [-0.4, -0.2) is 81.6 Å². The number of aryl methyl sites for hydroxylation is 1. The molecule has 0 radical (unpaired) electrons. The number of rotatable bonds is 13. The van der Waals surface area contributed by atoms with Gasteiger partial charge in [0.1, 0.15) is 30.8 Å². The Morgan fingerprint density at radius 2 is 1.58 bits per heavy atom. The first-order valence-corrected chi connectivity index (χ1v) is 18.4. The summed E-state index contributed by atoms with van der Waals surface area (Å²) in [5.41, 5.74) is 6.10. The minimum absolute atomic E-state index is 0.00665. The van der Waals surface area contributed by atoms with Crippen LogP contribution in [0.5, 0.6) is 0 Å². The van der Waals surface area contributed by atoms with Crippen molar-refractivity contribution in [2.45, 2.75) is 69.7 Å². The van der Waals surface area contributed by atoms with Gasteiger partial charge >= 0.3 is 13.4 Å². The number of aliphatic hydroxyl groups excluding tert-OH is 2. The van der Waals surface area contributed by atoms with Crippen LogP contribution in [0.4, 0.5) is 5.95 Å². The van der Waals surface area contributed by atoms with E-state index in [0.717, 1.165) is 11.1 Å². The smallest absolute Gasteiger partial charge is 0.394 e. The molecule has 7 atom stereocenters. The molecule has 7 rings (SSSR count). The molecule has 3 unspecified atom stereocenters. The summed E-state index contributed by atoms with van der Waals surface area (Å²) in [6, 6.07) is 18.6. The monoisotopic (exact) mass is 750 g/mol. The largest absolute Gasteiger partial charge is 0.409 e. The van der Waals surface area contributed by atoms with Crippen molar-refractivity contribution in [1.82, 2.24) is 33.7 Å². The van der Waals surface area contributed by atoms with Gasteiger partial charge in [-0.25, -0.2) is 14.3 Å². The van der Waals surface area contributed by atoms with Crippen molar-refractivity contribution in [3.63, 3.8) is 0 Å². The summed E-state index contributed by atoms with van der Waals surface area (Å²) >= 11 is 0. The minimum atomic E-state index is -4.40. The standard InChI is InChI=1S/C34H39N8O10P/c1-20-14-41(34(47)39-31(20)45)27-12-23(44)26(51-27)18-49-53(48,40(15-21-8-4-2-5-9-21)16-22-10-6-3-7-11-22)52-24-13-28(50-25(24)17-43)42-19-36-29-30(42)37-33(35)38-32(29)46/h2-11,14,19,23-28,43-44H,12-13,15-18H2,1H3,(H,39,45,47)(H3,35,37,38,46)/t23?,24?,25-,26-,27-,28-,53?/m1/s1. The molecule has 0 aliphatic carbocycles. The van der Waals surface area contributed by atoms with Gasteiger partial charge in [-0.05, 0) is 18.1 Å². The zero-order valence-electron chi connectivity index (χ0n) is 28.6. The van der Waals surface area contributed by atoms with E-state index in [0.29, 0.717) is 0 Å². The van der Waals surface area contributed by atoms with Gasteiger partial charge in [0.25, 0.3) is 11.1 Å². The van der Waals surface area contributed by atoms with Crippen molar-refractivity contribution in [3.05, 3.63) is 121 Å². The lowest BCUT2D eigenvalue weighted by Gasteiger charge is -2.33. The van der Waals surface area contributed by atoms with Crippen LogP contribution < -0.4 is 22.5 Å². The van der Waals surface area contributed by atoms with E-state index in [2.05, 4.69) is 19.9 Å². The third-order valence-electron chi connectivity index (χ3n) is 9.21. The van der Waals surface area contributed by atoms with Crippen molar-refractivity contribution in [3.8, 4) is 0 Å². The molecule has 0 bridgehead atoms. The number of imidazole rings is 1. The third-order valence-corrected chi connectivity index (χ3v) is 11.2. The van der Waals surface area contributed by atoms with Gasteiger partial charge < -0.3 is 25.4 Å². The van der Waals surface area contributed by atoms with Crippen molar-refractivity contribution in [1.29, 1.82) is 0 Å². The molecular formula is C34H39N8O10P. The molecule has 53 heavy (non-hydrogen) atoms. The maximum absolute atomic E-state index is 15.4. The van der Waals surface area contributed by atoms with Crippen molar-refractivity contribution < 1.29 is 33.3 Å². The molecule has 2 aromatic carbocycles. The number of ether oxygens (including phenoxy) is 2. The fourth-order valence-electron chi connectivity index (χ4n) is 6.47. The molecule has 5 heterocycles. The number of fused-ring (bicyclic) bond motifs is 1. The second-order valence-electron chi connectivity index (χ2n) is 12.9. The number of aromatic nitrogens is 6. The number of anilines is 1. The van der Waals surface area contributed by atoms with Crippen molar-refractivity contribution in [2.24, 2.45) is 0 Å². The molecule has 19 heteroatoms. The summed E-state index contributed by atoms with van der Waals surface area (Å²) in [4.78, 5) is 50.0. The topological polar surface area (TPSA) is 242 Å². The highest BCUT2D eigenvalue weighted by atomic mass is 31.2. The highest BCUT2D eigenvalue weighted by Gasteiger charge is 2.46. The number of hydrogen-bond donors (Lipinski definition) is 5. The number of hydrogen-bond acceptors (Lipinski definition) is 13. The molecule has 2 fully saturated rings. The fraction of sp³-hybridized carbons (Fsp3) is 0.382. The second kappa shape index (κ2) is 15.3. The molecule has 0 saturated carbocycles. The van der Waals surface area contributed by atoms with Gasteiger partial charge in [-0.3, -0.25) is 37.7 Å². The van der Waals surface area contributed by atoms with Crippen LogP contribution >= 0.6 is 7.75 Å². The molecule has 5 aromatic rings. The van der Waals surface area contributed by atoms with Gasteiger partial charge in [0.15, 0.2) is 11.2 Å². The molecule has 3 aromatic heterocycles. The maximum Gasteiger partial charge on any atom is 0.409 e. The fourth-order valence-corrected chi connectivity index (χ4v) is 8.40. The summed E-state index contributed by atoms with van der Waals surface area (Å²) in [5, 5.41) is 21.5. The maximum atomic E-state index is 15.4. The average Bonchev–Trinajstić information content (AvgIpc) is 3.86. The van der Waals surface area contributed by atoms with Gasteiger partial charge in [-0.1, -0.05) is 60.7 Å². The van der Waals surface area contributed by atoms with E-state index in [-0.39, 0.29) is 48.6 Å². The Bertz CT molecular complexity index is 2240.